The normalized spacial score (nSPS) is 25.8. The van der Waals surface area contributed by atoms with Gasteiger partial charge in [-0.15, -0.1) is 0 Å². The third kappa shape index (κ3) is 30.9. The molecule has 12 unspecified atom stereocenters. The van der Waals surface area contributed by atoms with E-state index in [0.29, 0.717) is 12.8 Å². The number of nitrogens with one attached hydrogen (secondary N) is 1. The van der Waals surface area contributed by atoms with E-state index >= 15 is 0 Å². The molecule has 2 aliphatic rings. The molecule has 0 aromatic rings. The summed E-state index contributed by atoms with van der Waals surface area (Å²) in [6, 6.07) is -0.937. The largest absolute Gasteiger partial charge is 0.394 e. The lowest BCUT2D eigenvalue weighted by Gasteiger charge is -2.46. The van der Waals surface area contributed by atoms with Gasteiger partial charge in [-0.05, 0) is 70.6 Å². The number of ether oxygens (including phenoxy) is 4. The molecule has 2 rings (SSSR count). The summed E-state index contributed by atoms with van der Waals surface area (Å²) >= 11 is 0. The fraction of sp³-hybridized carbons (Fsp3) is 0.814. The van der Waals surface area contributed by atoms with E-state index in [4.69, 9.17) is 18.9 Å². The van der Waals surface area contributed by atoms with Gasteiger partial charge in [0.1, 0.15) is 48.8 Å². The predicted molar refractivity (Wildman–Crippen MR) is 290 cm³/mol. The zero-order chi connectivity index (χ0) is 53.2. The average Bonchev–Trinajstić information content (AvgIpc) is 3.39. The second kappa shape index (κ2) is 44.8. The van der Waals surface area contributed by atoms with Crippen LogP contribution in [0.2, 0.25) is 0 Å². The van der Waals surface area contributed by atoms with Crippen molar-refractivity contribution in [3.8, 4) is 0 Å². The first-order chi connectivity index (χ1) is 35.6. The van der Waals surface area contributed by atoms with Gasteiger partial charge in [-0.1, -0.05) is 197 Å². The van der Waals surface area contributed by atoms with Crippen LogP contribution in [-0.4, -0.2) is 140 Å². The highest BCUT2D eigenvalue weighted by atomic mass is 16.7. The first-order valence-electron chi connectivity index (χ1n) is 29.0. The average molecular weight is 1040 g/mol. The molecule has 2 saturated heterocycles. The van der Waals surface area contributed by atoms with E-state index in [1.54, 1.807) is 6.08 Å². The Labute approximate surface area is 441 Å². The van der Waals surface area contributed by atoms with Crippen LogP contribution in [0.1, 0.15) is 213 Å². The number of aliphatic hydroxyl groups is 8. The monoisotopic (exact) mass is 1040 g/mol. The maximum atomic E-state index is 13.2. The molecule has 1 amide bonds. The van der Waals surface area contributed by atoms with Gasteiger partial charge in [-0.25, -0.2) is 0 Å². The van der Waals surface area contributed by atoms with Gasteiger partial charge in [0.2, 0.25) is 5.91 Å². The van der Waals surface area contributed by atoms with E-state index in [0.717, 1.165) is 51.4 Å². The van der Waals surface area contributed by atoms with Gasteiger partial charge in [0, 0.05) is 6.42 Å². The Morgan fingerprint density at radius 2 is 0.959 bits per heavy atom. The van der Waals surface area contributed by atoms with Crippen LogP contribution in [0.25, 0.3) is 0 Å². The van der Waals surface area contributed by atoms with Gasteiger partial charge in [0.25, 0.3) is 0 Å². The maximum absolute atomic E-state index is 13.2. The molecule has 2 fully saturated rings. The van der Waals surface area contributed by atoms with Gasteiger partial charge in [-0.2, -0.15) is 0 Å². The highest BCUT2D eigenvalue weighted by Crippen LogP contribution is 2.30. The third-order valence-corrected chi connectivity index (χ3v) is 13.9. The minimum atomic E-state index is -1.79. The van der Waals surface area contributed by atoms with Crippen molar-refractivity contribution < 1.29 is 64.6 Å². The number of unbranched alkanes of at least 4 members (excludes halogenated alkanes) is 24. The van der Waals surface area contributed by atoms with Crippen molar-refractivity contribution in [1.82, 2.24) is 5.32 Å². The Morgan fingerprint density at radius 3 is 1.48 bits per heavy atom. The summed E-state index contributed by atoms with van der Waals surface area (Å²) in [5.41, 5.74) is 0. The Hall–Kier alpha value is -2.31. The third-order valence-electron chi connectivity index (χ3n) is 13.9. The summed E-state index contributed by atoms with van der Waals surface area (Å²) in [7, 11) is 0. The number of allylic oxidation sites excluding steroid dienone is 9. The first kappa shape index (κ1) is 66.8. The lowest BCUT2D eigenvalue weighted by atomic mass is 9.97. The van der Waals surface area contributed by atoms with E-state index in [9.17, 15) is 45.6 Å². The minimum Gasteiger partial charge on any atom is -0.394 e. The van der Waals surface area contributed by atoms with Crippen molar-refractivity contribution >= 4 is 5.91 Å². The molecule has 0 bridgehead atoms. The molecule has 12 atom stereocenters. The summed E-state index contributed by atoms with van der Waals surface area (Å²) in [6.07, 6.45) is 40.1. The zero-order valence-electron chi connectivity index (χ0n) is 45.4. The number of aliphatic hydroxyl groups excluding tert-OH is 8. The highest BCUT2D eigenvalue weighted by Gasteiger charge is 2.51. The Bertz CT molecular complexity index is 1450. The number of hydrogen-bond acceptors (Lipinski definition) is 13. The van der Waals surface area contributed by atoms with E-state index in [-0.39, 0.29) is 18.9 Å². The van der Waals surface area contributed by atoms with Crippen molar-refractivity contribution in [3.63, 3.8) is 0 Å². The highest BCUT2D eigenvalue weighted by molar-refractivity contribution is 5.76. The molecule has 0 spiro atoms. The van der Waals surface area contributed by atoms with Crippen molar-refractivity contribution in [2.75, 3.05) is 19.8 Å². The second-order valence-corrected chi connectivity index (χ2v) is 20.4. The number of carbonyl (C=O) groups is 1. The smallest absolute Gasteiger partial charge is 0.220 e. The maximum Gasteiger partial charge on any atom is 0.220 e. The Balaban J connectivity index is 1.66. The summed E-state index contributed by atoms with van der Waals surface area (Å²) in [5.74, 6) is -0.256. The van der Waals surface area contributed by atoms with E-state index < -0.39 is 86.8 Å². The molecule has 0 aromatic carbocycles. The number of rotatable bonds is 45. The standard InChI is InChI=1S/C59H105NO13/c1-3-5-7-9-11-13-15-16-17-18-19-20-21-22-23-24-25-26-27-28-29-30-31-32-33-35-37-39-41-43-51(64)60-47(48(63)42-40-38-36-34-14-12-10-8-6-4-2)46-70-58-56(69)54(67)57(50(45-62)72-58)73-59-55(68)53(66)52(65)49(44-61)71-59/h6,8,14-16,18-19,34,40,42,47-50,52-59,61-63,65-69H,3-5,7,9-13,17,20-33,35-39,41,43-46H2,1-2H3,(H,60,64)/b8-6+,16-15-,19-18-,34-14+,42-40+. The lowest BCUT2D eigenvalue weighted by molar-refractivity contribution is -0.359. The van der Waals surface area contributed by atoms with Gasteiger partial charge >= 0.3 is 0 Å². The molecule has 14 heteroatoms. The summed E-state index contributed by atoms with van der Waals surface area (Å²) < 4.78 is 22.7. The van der Waals surface area contributed by atoms with Gasteiger partial charge in [0.05, 0.1) is 32.0 Å². The van der Waals surface area contributed by atoms with Crippen LogP contribution in [-0.2, 0) is 23.7 Å². The molecular formula is C59H105NO13. The number of amides is 1. The molecule has 0 saturated carbocycles. The Morgan fingerprint density at radius 1 is 0.507 bits per heavy atom. The van der Waals surface area contributed by atoms with E-state index in [2.05, 4.69) is 67.8 Å². The quantitative estimate of drug-likeness (QED) is 0.0205. The summed E-state index contributed by atoms with van der Waals surface area (Å²) in [6.45, 7) is 2.62. The molecule has 9 N–H and O–H groups in total. The second-order valence-electron chi connectivity index (χ2n) is 20.4. The molecule has 73 heavy (non-hydrogen) atoms. The van der Waals surface area contributed by atoms with Crippen molar-refractivity contribution in [1.29, 1.82) is 0 Å². The first-order valence-corrected chi connectivity index (χ1v) is 29.0. The van der Waals surface area contributed by atoms with Gasteiger partial charge in [0.15, 0.2) is 12.6 Å². The minimum absolute atomic E-state index is 0.256. The summed E-state index contributed by atoms with van der Waals surface area (Å²) in [4.78, 5) is 13.2. The topological polar surface area (TPSA) is 228 Å². The number of carbonyl (C=O) groups excluding carboxylic acids is 1. The van der Waals surface area contributed by atoms with Crippen LogP contribution < -0.4 is 5.32 Å². The molecule has 2 aliphatic heterocycles. The fourth-order valence-corrected chi connectivity index (χ4v) is 9.24. The van der Waals surface area contributed by atoms with Crippen molar-refractivity contribution in [3.05, 3.63) is 60.8 Å². The van der Waals surface area contributed by atoms with E-state index in [1.807, 2.05) is 6.08 Å². The van der Waals surface area contributed by atoms with Gasteiger partial charge < -0.3 is 65.1 Å². The predicted octanol–water partition coefficient (Wildman–Crippen LogP) is 9.39. The fourth-order valence-electron chi connectivity index (χ4n) is 9.24. The molecule has 0 aromatic heterocycles. The van der Waals surface area contributed by atoms with Crippen LogP contribution in [0.3, 0.4) is 0 Å². The number of hydrogen-bond donors (Lipinski definition) is 9. The van der Waals surface area contributed by atoms with Crippen LogP contribution in [0, 0.1) is 0 Å². The van der Waals surface area contributed by atoms with Crippen LogP contribution in [0.15, 0.2) is 60.8 Å². The van der Waals surface area contributed by atoms with E-state index in [1.165, 1.54) is 128 Å². The lowest BCUT2D eigenvalue weighted by Crippen LogP contribution is -2.65. The summed E-state index contributed by atoms with van der Waals surface area (Å²) in [5, 5.41) is 86.7. The van der Waals surface area contributed by atoms with Crippen LogP contribution >= 0.6 is 0 Å². The van der Waals surface area contributed by atoms with Crippen molar-refractivity contribution in [2.45, 2.75) is 286 Å². The molecule has 0 radical (unpaired) electrons. The van der Waals surface area contributed by atoms with Crippen LogP contribution in [0.4, 0.5) is 0 Å². The molecular weight excluding hydrogens is 931 g/mol. The van der Waals surface area contributed by atoms with Crippen molar-refractivity contribution in [2.24, 2.45) is 0 Å². The molecule has 14 nitrogen and oxygen atoms in total. The SMILES string of the molecule is CC/C=C/CC/C=C/CC/C=C/C(O)C(COC1OC(CO)C(OC2OC(CO)C(O)C(O)C2O)C(O)C1O)NC(=O)CCCCCCCCCCCCCCCCCCC/C=C\C/C=C\CCCCCCC. The van der Waals surface area contributed by atoms with Gasteiger partial charge in [-0.3, -0.25) is 4.79 Å². The zero-order valence-corrected chi connectivity index (χ0v) is 45.4. The molecule has 2 heterocycles. The molecule has 0 aliphatic carbocycles. The molecule has 424 valence electrons. The van der Waals surface area contributed by atoms with Crippen LogP contribution in [0.5, 0.6) is 0 Å². The Kier molecular flexibility index (Phi) is 41.0.